The molecule has 0 radical (unpaired) electrons. The van der Waals surface area contributed by atoms with Gasteiger partial charge in [0.25, 0.3) is 11.6 Å². The van der Waals surface area contributed by atoms with Gasteiger partial charge in [-0.2, -0.15) is 16.8 Å². The molecule has 0 spiro atoms. The van der Waals surface area contributed by atoms with E-state index < -0.39 is 19.8 Å². The number of carbonyl (C=O) groups excluding carboxylic acids is 1. The Morgan fingerprint density at radius 3 is 2.60 bits per heavy atom. The highest BCUT2D eigenvalue weighted by molar-refractivity contribution is 8.00. The van der Waals surface area contributed by atoms with Crippen LogP contribution in [0.25, 0.3) is 0 Å². The van der Waals surface area contributed by atoms with E-state index in [2.05, 4.69) is 18.9 Å². The first-order valence-corrected chi connectivity index (χ1v) is 12.9. The van der Waals surface area contributed by atoms with Crippen molar-refractivity contribution in [1.82, 2.24) is 9.99 Å². The number of hydrogen-bond acceptors (Lipinski definition) is 6. The van der Waals surface area contributed by atoms with Crippen molar-refractivity contribution >= 4 is 43.5 Å². The number of amides is 1. The molecule has 2 N–H and O–H groups in total. The Hall–Kier alpha value is -0.270. The van der Waals surface area contributed by atoms with Crippen LogP contribution in [0.5, 0.6) is 0 Å². The zero-order chi connectivity index (χ0) is 18.6. The minimum absolute atomic E-state index is 0.150. The second-order valence-corrected chi connectivity index (χ2v) is 10.6. The van der Waals surface area contributed by atoms with Crippen molar-refractivity contribution in [2.24, 2.45) is 0 Å². The Bertz CT molecular complexity index is 554. The molecule has 0 bridgehead atoms. The van der Waals surface area contributed by atoms with E-state index in [1.54, 1.807) is 30.6 Å². The van der Waals surface area contributed by atoms with E-state index in [4.69, 9.17) is 4.74 Å². The predicted molar refractivity (Wildman–Crippen MR) is 108 cm³/mol. The standard InChI is InChI=1S/C16H27N2O4PS2/c1-5-7-23(8-6-2)17-16(22-3)14(21)18-12(13(19)20)11(9-24-4)10-25-15(16)18/h15,17H,5-10H2,1-4H3,(H,19,20)/p+1/t15-,16-/m0/s1. The Kier molecular flexibility index (Phi) is 7.65. The molecule has 25 heavy (non-hydrogen) atoms. The molecule has 1 fully saturated rings. The number of carbonyl (C=O) groups is 2. The summed E-state index contributed by atoms with van der Waals surface area (Å²) in [7, 11) is 0.621. The van der Waals surface area contributed by atoms with Crippen LogP contribution < -0.4 is 5.09 Å². The SMILES string of the molecule is CCC[PH+](CCC)N[C@]1(OC)C(=O)N2C(C(=O)O)=C(CSC)CS[C@H]21. The third-order valence-corrected chi connectivity index (χ3v) is 9.36. The Balaban J connectivity index is 2.28. The number of carboxylic acid groups (broad SMARTS) is 1. The van der Waals surface area contributed by atoms with E-state index in [1.807, 2.05) is 6.26 Å². The molecular formula is C16H28N2O4PS2+. The average molecular weight is 408 g/mol. The summed E-state index contributed by atoms with van der Waals surface area (Å²) in [4.78, 5) is 26.2. The summed E-state index contributed by atoms with van der Waals surface area (Å²) < 4.78 is 5.68. The second-order valence-electron chi connectivity index (χ2n) is 6.20. The fraction of sp³-hybridized carbons (Fsp3) is 0.750. The van der Waals surface area contributed by atoms with Crippen molar-refractivity contribution in [3.8, 4) is 0 Å². The molecule has 2 aliphatic rings. The summed E-state index contributed by atoms with van der Waals surface area (Å²) in [5, 5.41) is 12.9. The lowest BCUT2D eigenvalue weighted by molar-refractivity contribution is -0.186. The van der Waals surface area contributed by atoms with Crippen molar-refractivity contribution in [2.75, 3.05) is 37.2 Å². The number of nitrogens with one attached hydrogen (secondary N) is 1. The van der Waals surface area contributed by atoms with Crippen LogP contribution in [0.4, 0.5) is 0 Å². The third kappa shape index (κ3) is 3.88. The maximum atomic E-state index is 13.0. The molecule has 0 aromatic rings. The number of methoxy groups -OCH3 is 1. The van der Waals surface area contributed by atoms with Gasteiger partial charge in [0.05, 0.1) is 20.4 Å². The third-order valence-electron chi connectivity index (χ3n) is 4.42. The van der Waals surface area contributed by atoms with Gasteiger partial charge in [0, 0.05) is 18.6 Å². The van der Waals surface area contributed by atoms with E-state index in [-0.39, 0.29) is 17.0 Å². The van der Waals surface area contributed by atoms with Crippen molar-refractivity contribution < 1.29 is 19.4 Å². The van der Waals surface area contributed by atoms with Crippen molar-refractivity contribution in [2.45, 2.75) is 37.8 Å². The number of carboxylic acids is 1. The van der Waals surface area contributed by atoms with E-state index >= 15 is 0 Å². The lowest BCUT2D eigenvalue weighted by atomic mass is 10.00. The van der Waals surface area contributed by atoms with Crippen LogP contribution in [-0.4, -0.2) is 70.2 Å². The summed E-state index contributed by atoms with van der Waals surface area (Å²) in [5.41, 5.74) is -0.112. The number of thioether (sulfide) groups is 2. The largest absolute Gasteiger partial charge is 0.477 e. The van der Waals surface area contributed by atoms with Gasteiger partial charge in [-0.15, -0.1) is 11.8 Å². The molecule has 6 nitrogen and oxygen atoms in total. The number of β-lactam (4-membered cyclic amide) rings is 1. The molecule has 9 heteroatoms. The topological polar surface area (TPSA) is 78.9 Å². The van der Waals surface area contributed by atoms with Gasteiger partial charge >= 0.3 is 5.97 Å². The summed E-state index contributed by atoms with van der Waals surface area (Å²) in [6, 6.07) is 0. The molecule has 2 heterocycles. The zero-order valence-electron chi connectivity index (χ0n) is 15.3. The molecule has 0 aliphatic carbocycles. The lowest BCUT2D eigenvalue weighted by Gasteiger charge is -2.55. The molecule has 0 unspecified atom stereocenters. The highest BCUT2D eigenvalue weighted by atomic mass is 32.2. The lowest BCUT2D eigenvalue weighted by Crippen LogP contribution is -2.79. The van der Waals surface area contributed by atoms with Gasteiger partial charge in [0.1, 0.15) is 11.1 Å². The molecule has 2 aliphatic heterocycles. The van der Waals surface area contributed by atoms with Gasteiger partial charge in [-0.3, -0.25) is 9.69 Å². The first-order valence-electron chi connectivity index (χ1n) is 8.54. The number of fused-ring (bicyclic) bond motifs is 1. The van der Waals surface area contributed by atoms with Crippen LogP contribution in [0, 0.1) is 0 Å². The minimum atomic E-state index is -1.07. The average Bonchev–Trinajstić information content (AvgIpc) is 2.59. The summed E-state index contributed by atoms with van der Waals surface area (Å²) >= 11 is 3.17. The first-order chi connectivity index (χ1) is 12.0. The van der Waals surface area contributed by atoms with Gasteiger partial charge < -0.3 is 9.84 Å². The van der Waals surface area contributed by atoms with Crippen LogP contribution in [0.2, 0.25) is 0 Å². The summed E-state index contributed by atoms with van der Waals surface area (Å²) in [6.45, 7) is 4.29. The molecule has 2 atom stereocenters. The van der Waals surface area contributed by atoms with E-state index in [0.717, 1.165) is 30.7 Å². The van der Waals surface area contributed by atoms with Crippen molar-refractivity contribution in [3.63, 3.8) is 0 Å². The fourth-order valence-electron chi connectivity index (χ4n) is 3.34. The van der Waals surface area contributed by atoms with Crippen LogP contribution in [-0.2, 0) is 14.3 Å². The molecule has 0 saturated carbocycles. The molecule has 142 valence electrons. The van der Waals surface area contributed by atoms with Gasteiger partial charge in [0.15, 0.2) is 0 Å². The smallest absolute Gasteiger partial charge is 0.352 e. The number of ether oxygens (including phenoxy) is 1. The van der Waals surface area contributed by atoms with Crippen LogP contribution in [0.15, 0.2) is 11.3 Å². The zero-order valence-corrected chi connectivity index (χ0v) is 17.9. The molecule has 0 aromatic heterocycles. The normalized spacial score (nSPS) is 26.0. The molecule has 0 aromatic carbocycles. The van der Waals surface area contributed by atoms with Crippen LogP contribution in [0.1, 0.15) is 26.7 Å². The van der Waals surface area contributed by atoms with Gasteiger partial charge in [-0.1, -0.05) is 13.8 Å². The maximum absolute atomic E-state index is 13.0. The highest BCUT2D eigenvalue weighted by Crippen LogP contribution is 2.50. The highest BCUT2D eigenvalue weighted by Gasteiger charge is 2.67. The number of hydrogen-bond donors (Lipinski definition) is 2. The maximum Gasteiger partial charge on any atom is 0.352 e. The Morgan fingerprint density at radius 2 is 2.12 bits per heavy atom. The minimum Gasteiger partial charge on any atom is -0.477 e. The second kappa shape index (κ2) is 9.09. The first kappa shape index (κ1) is 21.0. The Labute approximate surface area is 159 Å². The quantitative estimate of drug-likeness (QED) is 0.327. The van der Waals surface area contributed by atoms with Gasteiger partial charge in [-0.05, 0) is 24.7 Å². The summed E-state index contributed by atoms with van der Waals surface area (Å²) in [5.74, 6) is -0.0509. The van der Waals surface area contributed by atoms with Crippen LogP contribution in [0.3, 0.4) is 0 Å². The molecule has 1 saturated heterocycles. The molecular weight excluding hydrogens is 379 g/mol. The van der Waals surface area contributed by atoms with E-state index in [9.17, 15) is 14.7 Å². The van der Waals surface area contributed by atoms with E-state index in [1.165, 1.54) is 4.90 Å². The number of rotatable bonds is 10. The molecule has 2 rings (SSSR count). The van der Waals surface area contributed by atoms with Gasteiger partial charge in [0.2, 0.25) is 0 Å². The Morgan fingerprint density at radius 1 is 1.48 bits per heavy atom. The molecule has 1 amide bonds. The van der Waals surface area contributed by atoms with Crippen molar-refractivity contribution in [1.29, 1.82) is 0 Å². The van der Waals surface area contributed by atoms with Crippen LogP contribution >= 0.6 is 31.6 Å². The summed E-state index contributed by atoms with van der Waals surface area (Å²) in [6.07, 6.45) is 6.19. The van der Waals surface area contributed by atoms with E-state index in [0.29, 0.717) is 11.5 Å². The predicted octanol–water partition coefficient (Wildman–Crippen LogP) is 2.48. The van der Waals surface area contributed by atoms with Gasteiger partial charge in [-0.25, -0.2) is 4.79 Å². The number of aliphatic carboxylic acids is 1. The fourth-order valence-corrected chi connectivity index (χ4v) is 8.18. The number of nitrogens with zero attached hydrogens (tertiary/aromatic N) is 1. The van der Waals surface area contributed by atoms with Crippen molar-refractivity contribution in [3.05, 3.63) is 11.3 Å². The monoisotopic (exact) mass is 407 g/mol.